The van der Waals surface area contributed by atoms with Crippen molar-refractivity contribution in [2.75, 3.05) is 13.2 Å². The van der Waals surface area contributed by atoms with Gasteiger partial charge in [0, 0.05) is 12.5 Å². The fourth-order valence-corrected chi connectivity index (χ4v) is 2.79. The minimum absolute atomic E-state index is 0.228. The molecule has 1 fully saturated rings. The van der Waals surface area contributed by atoms with Gasteiger partial charge in [-0.15, -0.1) is 0 Å². The summed E-state index contributed by atoms with van der Waals surface area (Å²) in [6.07, 6.45) is 1.67. The lowest BCUT2D eigenvalue weighted by Gasteiger charge is -2.27. The number of benzene rings is 2. The van der Waals surface area contributed by atoms with Gasteiger partial charge < -0.3 is 9.84 Å². The largest absolute Gasteiger partial charge is 0.388 e. The van der Waals surface area contributed by atoms with Crippen LogP contribution in [0.2, 0.25) is 0 Å². The third-order valence-electron chi connectivity index (χ3n) is 4.00. The number of hydrogen-bond donors (Lipinski definition) is 1. The predicted molar refractivity (Wildman–Crippen MR) is 80.4 cm³/mol. The second kappa shape index (κ2) is 6.21. The molecule has 0 aromatic heterocycles. The molecule has 0 radical (unpaired) electrons. The Morgan fingerprint density at radius 2 is 1.65 bits per heavy atom. The summed E-state index contributed by atoms with van der Waals surface area (Å²) in [6.45, 7) is 1.50. The first-order valence-corrected chi connectivity index (χ1v) is 7.26. The van der Waals surface area contributed by atoms with Gasteiger partial charge in [-0.1, -0.05) is 54.6 Å². The molecule has 1 aliphatic heterocycles. The molecule has 0 saturated carbocycles. The smallest absolute Gasteiger partial charge is 0.0840 e. The van der Waals surface area contributed by atoms with E-state index < -0.39 is 6.10 Å². The molecule has 2 aromatic carbocycles. The zero-order chi connectivity index (χ0) is 13.8. The second-order valence-electron chi connectivity index (χ2n) is 5.41. The molecular formula is C18H20O2. The van der Waals surface area contributed by atoms with E-state index in [0.29, 0.717) is 6.61 Å². The Labute approximate surface area is 120 Å². The Morgan fingerprint density at radius 3 is 2.30 bits per heavy atom. The summed E-state index contributed by atoms with van der Waals surface area (Å²) in [6, 6.07) is 18.5. The second-order valence-corrected chi connectivity index (χ2v) is 5.41. The molecule has 2 unspecified atom stereocenters. The summed E-state index contributed by atoms with van der Waals surface area (Å²) in [5, 5.41) is 10.4. The maximum Gasteiger partial charge on any atom is 0.0840 e. The van der Waals surface area contributed by atoms with E-state index in [1.807, 2.05) is 30.3 Å². The molecule has 2 atom stereocenters. The Kier molecular flexibility index (Phi) is 4.14. The van der Waals surface area contributed by atoms with Crippen molar-refractivity contribution in [3.8, 4) is 11.1 Å². The number of ether oxygens (including phenoxy) is 1. The van der Waals surface area contributed by atoms with E-state index in [1.54, 1.807) is 0 Å². The van der Waals surface area contributed by atoms with Crippen LogP contribution >= 0.6 is 0 Å². The average molecular weight is 268 g/mol. The molecule has 3 rings (SSSR count). The van der Waals surface area contributed by atoms with Gasteiger partial charge in [-0.2, -0.15) is 0 Å². The monoisotopic (exact) mass is 268 g/mol. The van der Waals surface area contributed by atoms with Gasteiger partial charge in [-0.3, -0.25) is 0 Å². The number of rotatable bonds is 3. The molecule has 0 amide bonds. The van der Waals surface area contributed by atoms with Crippen LogP contribution in [0.5, 0.6) is 0 Å². The van der Waals surface area contributed by atoms with E-state index in [9.17, 15) is 5.11 Å². The summed E-state index contributed by atoms with van der Waals surface area (Å²) >= 11 is 0. The first kappa shape index (κ1) is 13.3. The lowest BCUT2D eigenvalue weighted by molar-refractivity contribution is -0.00995. The van der Waals surface area contributed by atoms with Gasteiger partial charge in [-0.05, 0) is 29.5 Å². The molecule has 1 heterocycles. The van der Waals surface area contributed by atoms with E-state index in [-0.39, 0.29) is 5.92 Å². The van der Waals surface area contributed by atoms with Gasteiger partial charge >= 0.3 is 0 Å². The Bertz CT molecular complexity index is 527. The van der Waals surface area contributed by atoms with E-state index in [0.717, 1.165) is 25.0 Å². The highest BCUT2D eigenvalue weighted by Crippen LogP contribution is 2.30. The van der Waals surface area contributed by atoms with E-state index in [4.69, 9.17) is 4.74 Å². The van der Waals surface area contributed by atoms with Crippen molar-refractivity contribution in [2.24, 2.45) is 5.92 Å². The van der Waals surface area contributed by atoms with Crippen LogP contribution in [0.3, 0.4) is 0 Å². The molecule has 20 heavy (non-hydrogen) atoms. The average Bonchev–Trinajstić information content (AvgIpc) is 2.56. The molecule has 2 nitrogen and oxygen atoms in total. The molecule has 1 N–H and O–H groups in total. The lowest BCUT2D eigenvalue weighted by atomic mass is 9.90. The van der Waals surface area contributed by atoms with E-state index in [2.05, 4.69) is 24.3 Å². The van der Waals surface area contributed by atoms with Gasteiger partial charge in [0.15, 0.2) is 0 Å². The number of aliphatic hydroxyl groups is 1. The summed E-state index contributed by atoms with van der Waals surface area (Å²) in [4.78, 5) is 0. The van der Waals surface area contributed by atoms with Crippen LogP contribution in [-0.4, -0.2) is 18.3 Å². The standard InChI is InChI=1S/C18H20O2/c19-18(17-7-4-12-20-13-17)16-10-8-15(9-11-16)14-5-2-1-3-6-14/h1-3,5-6,8-11,17-19H,4,7,12-13H2. The van der Waals surface area contributed by atoms with Crippen molar-refractivity contribution in [3.05, 3.63) is 60.2 Å². The Balaban J connectivity index is 1.75. The normalized spacial score (nSPS) is 20.6. The fraction of sp³-hybridized carbons (Fsp3) is 0.333. The Hall–Kier alpha value is -1.64. The number of aliphatic hydroxyl groups excluding tert-OH is 1. The minimum atomic E-state index is -0.417. The molecule has 2 aromatic rings. The van der Waals surface area contributed by atoms with Gasteiger partial charge in [0.05, 0.1) is 12.7 Å². The first-order valence-electron chi connectivity index (χ1n) is 7.26. The van der Waals surface area contributed by atoms with Crippen molar-refractivity contribution in [3.63, 3.8) is 0 Å². The summed E-state index contributed by atoms with van der Waals surface area (Å²) in [7, 11) is 0. The fourth-order valence-electron chi connectivity index (χ4n) is 2.79. The molecule has 2 heteroatoms. The minimum Gasteiger partial charge on any atom is -0.388 e. The quantitative estimate of drug-likeness (QED) is 0.917. The topological polar surface area (TPSA) is 29.5 Å². The molecule has 0 bridgehead atoms. The van der Waals surface area contributed by atoms with Crippen molar-refractivity contribution in [1.29, 1.82) is 0 Å². The van der Waals surface area contributed by atoms with E-state index in [1.165, 1.54) is 11.1 Å². The van der Waals surface area contributed by atoms with E-state index >= 15 is 0 Å². The molecule has 1 saturated heterocycles. The van der Waals surface area contributed by atoms with Crippen molar-refractivity contribution >= 4 is 0 Å². The Morgan fingerprint density at radius 1 is 0.950 bits per heavy atom. The van der Waals surface area contributed by atoms with Crippen LogP contribution in [0, 0.1) is 5.92 Å². The summed E-state index contributed by atoms with van der Waals surface area (Å²) in [5.74, 6) is 0.228. The van der Waals surface area contributed by atoms with Gasteiger partial charge in [0.25, 0.3) is 0 Å². The zero-order valence-corrected chi connectivity index (χ0v) is 11.5. The van der Waals surface area contributed by atoms with Gasteiger partial charge in [0.2, 0.25) is 0 Å². The highest BCUT2D eigenvalue weighted by Gasteiger charge is 2.23. The van der Waals surface area contributed by atoms with Crippen LogP contribution in [-0.2, 0) is 4.74 Å². The maximum atomic E-state index is 10.4. The first-order chi connectivity index (χ1) is 9.84. The highest BCUT2D eigenvalue weighted by atomic mass is 16.5. The zero-order valence-electron chi connectivity index (χ0n) is 11.5. The van der Waals surface area contributed by atoms with Gasteiger partial charge in [0.1, 0.15) is 0 Å². The van der Waals surface area contributed by atoms with Crippen molar-refractivity contribution in [1.82, 2.24) is 0 Å². The molecule has 104 valence electrons. The highest BCUT2D eigenvalue weighted by molar-refractivity contribution is 5.63. The number of hydrogen-bond acceptors (Lipinski definition) is 2. The lowest BCUT2D eigenvalue weighted by Crippen LogP contribution is -2.23. The summed E-state index contributed by atoms with van der Waals surface area (Å²) in [5.41, 5.74) is 3.37. The summed E-state index contributed by atoms with van der Waals surface area (Å²) < 4.78 is 5.46. The SMILES string of the molecule is OC(c1ccc(-c2ccccc2)cc1)C1CCCOC1. The predicted octanol–water partition coefficient (Wildman–Crippen LogP) is 3.81. The third-order valence-corrected chi connectivity index (χ3v) is 4.00. The molecule has 0 aliphatic carbocycles. The molecular weight excluding hydrogens is 248 g/mol. The maximum absolute atomic E-state index is 10.4. The van der Waals surface area contributed by atoms with Gasteiger partial charge in [-0.25, -0.2) is 0 Å². The third kappa shape index (κ3) is 2.92. The van der Waals surface area contributed by atoms with Crippen molar-refractivity contribution < 1.29 is 9.84 Å². The van der Waals surface area contributed by atoms with Crippen LogP contribution in [0.1, 0.15) is 24.5 Å². The molecule has 0 spiro atoms. The molecule has 1 aliphatic rings. The van der Waals surface area contributed by atoms with Crippen LogP contribution in [0.4, 0.5) is 0 Å². The van der Waals surface area contributed by atoms with Crippen LogP contribution < -0.4 is 0 Å². The van der Waals surface area contributed by atoms with Crippen LogP contribution in [0.25, 0.3) is 11.1 Å². The van der Waals surface area contributed by atoms with Crippen LogP contribution in [0.15, 0.2) is 54.6 Å². The van der Waals surface area contributed by atoms with Crippen molar-refractivity contribution in [2.45, 2.75) is 18.9 Å².